The maximum Gasteiger partial charge on any atom is 0.255 e. The van der Waals surface area contributed by atoms with Gasteiger partial charge in [-0.1, -0.05) is 48.9 Å². The van der Waals surface area contributed by atoms with Crippen LogP contribution in [0.15, 0.2) is 54.6 Å². The van der Waals surface area contributed by atoms with Crippen molar-refractivity contribution in [2.75, 3.05) is 44.3 Å². The van der Waals surface area contributed by atoms with Crippen molar-refractivity contribution in [1.82, 2.24) is 14.7 Å². The summed E-state index contributed by atoms with van der Waals surface area (Å²) in [5.41, 5.74) is 0.671. The van der Waals surface area contributed by atoms with Crippen LogP contribution in [-0.4, -0.2) is 77.4 Å². The van der Waals surface area contributed by atoms with E-state index in [1.165, 1.54) is 0 Å². The SMILES string of the molecule is CC1CCN(C(=O)CN2CN(c3ccccc3)C3(CCN(C(=O)c4ccccc4Cl)CC3)C2=O)CC1. The van der Waals surface area contributed by atoms with E-state index >= 15 is 0 Å². The minimum atomic E-state index is -0.769. The van der Waals surface area contributed by atoms with Gasteiger partial charge in [0, 0.05) is 31.9 Å². The molecule has 3 heterocycles. The fraction of sp³-hybridized carbons (Fsp3) is 0.464. The normalized spacial score (nSPS) is 20.3. The molecular formula is C28H33ClN4O3. The highest BCUT2D eigenvalue weighted by Crippen LogP contribution is 2.40. The molecule has 36 heavy (non-hydrogen) atoms. The summed E-state index contributed by atoms with van der Waals surface area (Å²) >= 11 is 6.27. The number of hydrogen-bond acceptors (Lipinski definition) is 4. The van der Waals surface area contributed by atoms with Gasteiger partial charge in [-0.05, 0) is 55.9 Å². The molecular weight excluding hydrogens is 476 g/mol. The molecule has 2 aromatic carbocycles. The van der Waals surface area contributed by atoms with Gasteiger partial charge >= 0.3 is 0 Å². The summed E-state index contributed by atoms with van der Waals surface area (Å²) < 4.78 is 0. The van der Waals surface area contributed by atoms with Gasteiger partial charge in [0.2, 0.25) is 5.91 Å². The summed E-state index contributed by atoms with van der Waals surface area (Å²) in [6, 6.07) is 17.0. The molecule has 2 aromatic rings. The van der Waals surface area contributed by atoms with Crippen molar-refractivity contribution in [2.24, 2.45) is 5.92 Å². The lowest BCUT2D eigenvalue weighted by molar-refractivity contribution is -0.141. The predicted octanol–water partition coefficient (Wildman–Crippen LogP) is 3.88. The number of benzene rings is 2. The Morgan fingerprint density at radius 3 is 2.22 bits per heavy atom. The maximum absolute atomic E-state index is 13.9. The van der Waals surface area contributed by atoms with E-state index < -0.39 is 5.54 Å². The van der Waals surface area contributed by atoms with Crippen LogP contribution < -0.4 is 4.90 Å². The Morgan fingerprint density at radius 1 is 0.917 bits per heavy atom. The van der Waals surface area contributed by atoms with Crippen LogP contribution >= 0.6 is 11.6 Å². The fourth-order valence-electron chi connectivity index (χ4n) is 5.73. The van der Waals surface area contributed by atoms with Gasteiger partial charge in [0.1, 0.15) is 12.1 Å². The van der Waals surface area contributed by atoms with E-state index in [1.807, 2.05) is 35.2 Å². The van der Waals surface area contributed by atoms with Crippen LogP contribution in [0.3, 0.4) is 0 Å². The molecule has 8 heteroatoms. The van der Waals surface area contributed by atoms with E-state index in [-0.39, 0.29) is 24.3 Å². The monoisotopic (exact) mass is 508 g/mol. The van der Waals surface area contributed by atoms with E-state index in [0.717, 1.165) is 31.6 Å². The molecule has 1 spiro atoms. The molecule has 5 rings (SSSR count). The second-order valence-corrected chi connectivity index (χ2v) is 10.7. The van der Waals surface area contributed by atoms with Gasteiger partial charge in [0.05, 0.1) is 17.3 Å². The number of carbonyl (C=O) groups excluding carboxylic acids is 3. The maximum atomic E-state index is 13.9. The second-order valence-electron chi connectivity index (χ2n) is 10.3. The first-order chi connectivity index (χ1) is 17.4. The fourth-order valence-corrected chi connectivity index (χ4v) is 5.94. The number of carbonyl (C=O) groups is 3. The molecule has 0 N–H and O–H groups in total. The summed E-state index contributed by atoms with van der Waals surface area (Å²) in [7, 11) is 0. The van der Waals surface area contributed by atoms with Crippen LogP contribution in [0.5, 0.6) is 0 Å². The number of anilines is 1. The molecule has 3 fully saturated rings. The largest absolute Gasteiger partial charge is 0.341 e. The molecule has 3 aliphatic rings. The molecule has 3 saturated heterocycles. The van der Waals surface area contributed by atoms with Crippen molar-refractivity contribution >= 4 is 35.0 Å². The molecule has 0 radical (unpaired) electrons. The first kappa shape index (κ1) is 24.6. The number of piperidine rings is 2. The van der Waals surface area contributed by atoms with Crippen molar-refractivity contribution in [1.29, 1.82) is 0 Å². The van der Waals surface area contributed by atoms with Gasteiger partial charge in [0.25, 0.3) is 11.8 Å². The summed E-state index contributed by atoms with van der Waals surface area (Å²) in [5.74, 6) is 0.526. The van der Waals surface area contributed by atoms with Crippen LogP contribution in [0, 0.1) is 5.92 Å². The van der Waals surface area contributed by atoms with Gasteiger partial charge in [-0.3, -0.25) is 14.4 Å². The summed E-state index contributed by atoms with van der Waals surface area (Å²) in [5, 5.41) is 0.433. The molecule has 0 aliphatic carbocycles. The van der Waals surface area contributed by atoms with Gasteiger partial charge in [-0.15, -0.1) is 0 Å². The van der Waals surface area contributed by atoms with E-state index in [1.54, 1.807) is 34.1 Å². The number of amides is 3. The van der Waals surface area contributed by atoms with Crippen molar-refractivity contribution in [2.45, 2.75) is 38.1 Å². The number of likely N-dealkylation sites (tertiary alicyclic amines) is 2. The number of para-hydroxylation sites is 1. The van der Waals surface area contributed by atoms with E-state index in [4.69, 9.17) is 11.6 Å². The van der Waals surface area contributed by atoms with Crippen molar-refractivity contribution in [3.63, 3.8) is 0 Å². The van der Waals surface area contributed by atoms with Gasteiger partial charge in [0.15, 0.2) is 0 Å². The number of nitrogens with zero attached hydrogens (tertiary/aromatic N) is 4. The van der Waals surface area contributed by atoms with Gasteiger partial charge in [-0.25, -0.2) is 0 Å². The van der Waals surface area contributed by atoms with Crippen LogP contribution in [0.2, 0.25) is 5.02 Å². The first-order valence-corrected chi connectivity index (χ1v) is 13.2. The predicted molar refractivity (Wildman–Crippen MR) is 140 cm³/mol. The molecule has 7 nitrogen and oxygen atoms in total. The van der Waals surface area contributed by atoms with Crippen LogP contribution in [0.1, 0.15) is 43.0 Å². The average Bonchev–Trinajstić information content (AvgIpc) is 3.16. The number of rotatable bonds is 4. The lowest BCUT2D eigenvalue weighted by atomic mass is 9.85. The Kier molecular flexibility index (Phi) is 6.93. The molecule has 0 unspecified atom stereocenters. The summed E-state index contributed by atoms with van der Waals surface area (Å²) in [6.07, 6.45) is 3.02. The van der Waals surface area contributed by atoms with E-state index in [0.29, 0.717) is 49.1 Å². The Morgan fingerprint density at radius 2 is 1.56 bits per heavy atom. The zero-order valence-electron chi connectivity index (χ0n) is 20.7. The molecule has 0 atom stereocenters. The van der Waals surface area contributed by atoms with Crippen LogP contribution in [0.4, 0.5) is 5.69 Å². The van der Waals surface area contributed by atoms with Crippen molar-refractivity contribution in [3.8, 4) is 0 Å². The third-order valence-electron chi connectivity index (χ3n) is 8.03. The van der Waals surface area contributed by atoms with Gasteiger partial charge < -0.3 is 19.6 Å². The minimum Gasteiger partial charge on any atom is -0.341 e. The van der Waals surface area contributed by atoms with Crippen LogP contribution in [-0.2, 0) is 9.59 Å². The molecule has 3 aliphatic heterocycles. The quantitative estimate of drug-likeness (QED) is 0.628. The highest BCUT2D eigenvalue weighted by Gasteiger charge is 2.54. The van der Waals surface area contributed by atoms with E-state index in [9.17, 15) is 14.4 Å². The highest BCUT2D eigenvalue weighted by molar-refractivity contribution is 6.33. The smallest absolute Gasteiger partial charge is 0.255 e. The second kappa shape index (κ2) is 10.1. The first-order valence-electron chi connectivity index (χ1n) is 12.8. The minimum absolute atomic E-state index is 0.0186. The Labute approximate surface area is 217 Å². The highest BCUT2D eigenvalue weighted by atomic mass is 35.5. The molecule has 0 saturated carbocycles. The standard InChI is InChI=1S/C28H33ClN4O3/c1-21-11-15-30(16-12-21)25(34)19-32-20-33(22-7-3-2-4-8-22)28(27(32)36)13-17-31(18-14-28)26(35)23-9-5-6-10-24(23)29/h2-10,21H,11-20H2,1H3. The summed E-state index contributed by atoms with van der Waals surface area (Å²) in [4.78, 5) is 47.7. The van der Waals surface area contributed by atoms with Crippen LogP contribution in [0.25, 0.3) is 0 Å². The zero-order valence-corrected chi connectivity index (χ0v) is 21.5. The third kappa shape index (κ3) is 4.57. The van der Waals surface area contributed by atoms with Crippen molar-refractivity contribution < 1.29 is 14.4 Å². The van der Waals surface area contributed by atoms with E-state index in [2.05, 4.69) is 11.8 Å². The third-order valence-corrected chi connectivity index (χ3v) is 8.36. The molecule has 0 bridgehead atoms. The molecule has 3 amide bonds. The molecule has 0 aromatic heterocycles. The Balaban J connectivity index is 1.34. The average molecular weight is 509 g/mol. The van der Waals surface area contributed by atoms with Crippen molar-refractivity contribution in [3.05, 3.63) is 65.2 Å². The Bertz CT molecular complexity index is 1120. The Hall–Kier alpha value is -3.06. The van der Waals surface area contributed by atoms with Gasteiger partial charge in [-0.2, -0.15) is 0 Å². The topological polar surface area (TPSA) is 64.2 Å². The molecule has 190 valence electrons. The lowest BCUT2D eigenvalue weighted by Gasteiger charge is -2.43. The zero-order chi connectivity index (χ0) is 25.3. The summed E-state index contributed by atoms with van der Waals surface area (Å²) in [6.45, 7) is 5.10. The number of hydrogen-bond donors (Lipinski definition) is 0. The lowest BCUT2D eigenvalue weighted by Crippen LogP contribution is -2.57. The number of halogens is 1.